The number of methoxy groups -OCH3 is 1. The van der Waals surface area contributed by atoms with E-state index in [4.69, 9.17) is 13.9 Å². The molecule has 2 aromatic carbocycles. The Morgan fingerprint density at radius 1 is 1.18 bits per heavy atom. The van der Waals surface area contributed by atoms with Crippen LogP contribution in [0.15, 0.2) is 45.6 Å². The quantitative estimate of drug-likeness (QED) is 0.569. The maximum Gasteiger partial charge on any atom is 0.290 e. The molecule has 3 aromatic rings. The van der Waals surface area contributed by atoms with Crippen LogP contribution < -0.4 is 15.1 Å². The maximum absolute atomic E-state index is 13.9. The first kappa shape index (κ1) is 22.4. The van der Waals surface area contributed by atoms with Crippen LogP contribution in [0, 0.1) is 5.82 Å². The van der Waals surface area contributed by atoms with Crippen molar-refractivity contribution >= 4 is 16.9 Å². The van der Waals surface area contributed by atoms with E-state index in [1.165, 1.54) is 30.2 Å². The summed E-state index contributed by atoms with van der Waals surface area (Å²) in [6.07, 6.45) is 0.725. The molecular formula is C25H26FN2O6+. The Labute approximate surface area is 195 Å². The highest BCUT2D eigenvalue weighted by atomic mass is 19.1. The Morgan fingerprint density at radius 3 is 2.74 bits per heavy atom. The van der Waals surface area contributed by atoms with Gasteiger partial charge in [-0.2, -0.15) is 0 Å². The Kier molecular flexibility index (Phi) is 5.97. The number of aromatic hydroxyl groups is 1. The second-order valence-corrected chi connectivity index (χ2v) is 8.61. The maximum atomic E-state index is 13.9. The fourth-order valence-electron chi connectivity index (χ4n) is 4.84. The number of fused-ring (bicyclic) bond motifs is 2. The minimum Gasteiger partial charge on any atom is -0.504 e. The third-order valence-electron chi connectivity index (χ3n) is 6.58. The van der Waals surface area contributed by atoms with Gasteiger partial charge in [-0.1, -0.05) is 6.07 Å². The first-order valence-corrected chi connectivity index (χ1v) is 11.3. The molecule has 1 amide bonds. The SMILES string of the molecule is COc1cc(C2c3c(oc4ccc(F)cc4c3=O)C(=O)N2CCC[NH+]2CCOCC2)ccc1O. The summed E-state index contributed by atoms with van der Waals surface area (Å²) in [6, 6.07) is 7.68. The summed E-state index contributed by atoms with van der Waals surface area (Å²) in [5, 5.41) is 10.1. The minimum atomic E-state index is -0.736. The van der Waals surface area contributed by atoms with E-state index in [0.717, 1.165) is 45.3 Å². The highest BCUT2D eigenvalue weighted by Crippen LogP contribution is 2.40. The highest BCUT2D eigenvalue weighted by molar-refractivity contribution is 5.99. The molecule has 8 nitrogen and oxygen atoms in total. The lowest BCUT2D eigenvalue weighted by molar-refractivity contribution is -0.908. The zero-order valence-corrected chi connectivity index (χ0v) is 18.8. The first-order chi connectivity index (χ1) is 16.5. The van der Waals surface area contributed by atoms with Gasteiger partial charge in [0.05, 0.1) is 43.9 Å². The lowest BCUT2D eigenvalue weighted by Gasteiger charge is -2.27. The van der Waals surface area contributed by atoms with Crippen molar-refractivity contribution < 1.29 is 33.1 Å². The van der Waals surface area contributed by atoms with Crippen molar-refractivity contribution in [3.05, 3.63) is 69.3 Å². The lowest BCUT2D eigenvalue weighted by atomic mass is 9.98. The van der Waals surface area contributed by atoms with Crippen LogP contribution in [0.5, 0.6) is 11.5 Å². The fourth-order valence-corrected chi connectivity index (χ4v) is 4.84. The van der Waals surface area contributed by atoms with Crippen molar-refractivity contribution in [2.75, 3.05) is 46.5 Å². The Hall–Kier alpha value is -3.43. The van der Waals surface area contributed by atoms with Gasteiger partial charge in [0.2, 0.25) is 5.76 Å². The molecule has 0 bridgehead atoms. The average molecular weight is 469 g/mol. The molecule has 0 saturated carbocycles. The summed E-state index contributed by atoms with van der Waals surface area (Å²) >= 11 is 0. The molecule has 3 heterocycles. The number of morpholine rings is 1. The number of rotatable bonds is 6. The summed E-state index contributed by atoms with van der Waals surface area (Å²) in [5.41, 5.74) is 0.501. The Bertz CT molecular complexity index is 1300. The van der Waals surface area contributed by atoms with E-state index in [1.54, 1.807) is 17.0 Å². The summed E-state index contributed by atoms with van der Waals surface area (Å²) < 4.78 is 30.4. The third kappa shape index (κ3) is 3.91. The summed E-state index contributed by atoms with van der Waals surface area (Å²) in [4.78, 5) is 30.0. The summed E-state index contributed by atoms with van der Waals surface area (Å²) in [6.45, 7) is 4.56. The van der Waals surface area contributed by atoms with E-state index < -0.39 is 17.3 Å². The van der Waals surface area contributed by atoms with Gasteiger partial charge < -0.3 is 28.8 Å². The number of nitrogens with zero attached hydrogens (tertiary/aromatic N) is 1. The molecule has 1 aromatic heterocycles. The van der Waals surface area contributed by atoms with Gasteiger partial charge in [-0.05, 0) is 35.9 Å². The monoisotopic (exact) mass is 469 g/mol. The molecule has 0 radical (unpaired) electrons. The molecule has 2 aliphatic rings. The van der Waals surface area contributed by atoms with Crippen LogP contribution in [0.2, 0.25) is 0 Å². The Morgan fingerprint density at radius 2 is 1.97 bits per heavy atom. The predicted octanol–water partition coefficient (Wildman–Crippen LogP) is 1.50. The number of amides is 1. The van der Waals surface area contributed by atoms with Gasteiger partial charge in [0.15, 0.2) is 16.9 Å². The van der Waals surface area contributed by atoms with Crippen molar-refractivity contribution in [3.63, 3.8) is 0 Å². The lowest BCUT2D eigenvalue weighted by Crippen LogP contribution is -3.14. The number of benzene rings is 2. The largest absolute Gasteiger partial charge is 0.504 e. The average Bonchev–Trinajstić information content (AvgIpc) is 3.12. The third-order valence-corrected chi connectivity index (χ3v) is 6.58. The molecule has 1 saturated heterocycles. The smallest absolute Gasteiger partial charge is 0.290 e. The van der Waals surface area contributed by atoms with Crippen LogP contribution in [-0.4, -0.2) is 62.4 Å². The molecule has 2 N–H and O–H groups in total. The number of phenolic OH excluding ortho intramolecular Hbond substituents is 1. The van der Waals surface area contributed by atoms with Crippen molar-refractivity contribution in [1.82, 2.24) is 4.90 Å². The van der Waals surface area contributed by atoms with E-state index in [0.29, 0.717) is 12.1 Å². The number of hydrogen-bond acceptors (Lipinski definition) is 6. The van der Waals surface area contributed by atoms with Gasteiger partial charge in [0.25, 0.3) is 5.91 Å². The molecule has 34 heavy (non-hydrogen) atoms. The first-order valence-electron chi connectivity index (χ1n) is 11.3. The van der Waals surface area contributed by atoms with E-state index >= 15 is 0 Å². The van der Waals surface area contributed by atoms with E-state index in [-0.39, 0.29) is 39.7 Å². The normalized spacial score (nSPS) is 18.5. The molecule has 1 fully saturated rings. The minimum absolute atomic E-state index is 0.0279. The van der Waals surface area contributed by atoms with E-state index in [9.17, 15) is 19.1 Å². The second kappa shape index (κ2) is 9.08. The van der Waals surface area contributed by atoms with E-state index in [1.807, 2.05) is 0 Å². The van der Waals surface area contributed by atoms with Crippen LogP contribution in [0.25, 0.3) is 11.0 Å². The standard InChI is InChI=1S/C25H25FN2O6/c1-32-20-13-15(3-5-18(20)29)22-21-23(30)17-14-16(26)4-6-19(17)34-24(21)25(31)28(22)8-2-7-27-9-11-33-12-10-27/h3-6,13-14,22,29H,2,7-12H2,1H3/p+1. The molecule has 0 aliphatic carbocycles. The number of nitrogens with one attached hydrogen (secondary N) is 1. The van der Waals surface area contributed by atoms with Gasteiger partial charge in [0, 0.05) is 13.0 Å². The predicted molar refractivity (Wildman–Crippen MR) is 121 cm³/mol. The number of halogens is 1. The van der Waals surface area contributed by atoms with Crippen LogP contribution in [0.1, 0.15) is 34.1 Å². The summed E-state index contributed by atoms with van der Waals surface area (Å²) in [5.74, 6) is -0.789. The molecule has 178 valence electrons. The molecule has 5 rings (SSSR count). The molecule has 0 spiro atoms. The summed E-state index contributed by atoms with van der Waals surface area (Å²) in [7, 11) is 1.43. The van der Waals surface area contributed by atoms with Crippen LogP contribution >= 0.6 is 0 Å². The van der Waals surface area contributed by atoms with Gasteiger partial charge in [-0.3, -0.25) is 9.59 Å². The van der Waals surface area contributed by atoms with Gasteiger partial charge >= 0.3 is 0 Å². The fraction of sp³-hybridized carbons (Fsp3) is 0.360. The number of phenols is 1. The van der Waals surface area contributed by atoms with Crippen LogP contribution in [0.3, 0.4) is 0 Å². The van der Waals surface area contributed by atoms with Crippen molar-refractivity contribution in [2.45, 2.75) is 12.5 Å². The van der Waals surface area contributed by atoms with Gasteiger partial charge in [-0.15, -0.1) is 0 Å². The topological polar surface area (TPSA) is 93.7 Å². The number of ether oxygens (including phenoxy) is 2. The number of carbonyl (C=O) groups excluding carboxylic acids is 1. The van der Waals surface area contributed by atoms with Crippen molar-refractivity contribution in [1.29, 1.82) is 0 Å². The number of hydrogen-bond donors (Lipinski definition) is 2. The molecule has 1 unspecified atom stereocenters. The second-order valence-electron chi connectivity index (χ2n) is 8.61. The van der Waals surface area contributed by atoms with Crippen molar-refractivity contribution in [3.8, 4) is 11.5 Å². The van der Waals surface area contributed by atoms with Crippen LogP contribution in [0.4, 0.5) is 4.39 Å². The van der Waals surface area contributed by atoms with Gasteiger partial charge in [0.1, 0.15) is 24.5 Å². The molecule has 2 aliphatic heterocycles. The zero-order valence-electron chi connectivity index (χ0n) is 18.8. The molecule has 1 atom stereocenters. The highest BCUT2D eigenvalue weighted by Gasteiger charge is 2.43. The molecule has 9 heteroatoms. The van der Waals surface area contributed by atoms with Crippen LogP contribution in [-0.2, 0) is 4.74 Å². The number of quaternary nitrogens is 1. The van der Waals surface area contributed by atoms with Crippen molar-refractivity contribution in [2.24, 2.45) is 0 Å². The van der Waals surface area contributed by atoms with Gasteiger partial charge in [-0.25, -0.2) is 4.39 Å². The Balaban J connectivity index is 1.56. The molecular weight excluding hydrogens is 443 g/mol. The zero-order chi connectivity index (χ0) is 23.8. The van der Waals surface area contributed by atoms with E-state index in [2.05, 4.69) is 0 Å². The number of carbonyl (C=O) groups is 1.